The third-order valence-corrected chi connectivity index (χ3v) is 10.1. The average molecular weight is 1040 g/mol. The summed E-state index contributed by atoms with van der Waals surface area (Å²) in [5.74, 6) is 4.42. The van der Waals surface area contributed by atoms with E-state index < -0.39 is 0 Å². The maximum Gasteiger partial charge on any atom is 0.245 e. The molecule has 0 fully saturated rings. The van der Waals surface area contributed by atoms with E-state index in [9.17, 15) is 0 Å². The molecular formula is C42H63N19O5S4. The van der Waals surface area contributed by atoms with Crippen LogP contribution in [0.3, 0.4) is 0 Å². The lowest BCUT2D eigenvalue weighted by atomic mass is 10.5. The smallest absolute Gasteiger partial charge is 0.245 e. The Kier molecular flexibility index (Phi) is 36.2. The van der Waals surface area contributed by atoms with E-state index in [-0.39, 0.29) is 0 Å². The van der Waals surface area contributed by atoms with Gasteiger partial charge in [-0.05, 0) is 76.3 Å². The molecule has 0 aliphatic carbocycles. The van der Waals surface area contributed by atoms with Crippen LogP contribution in [0, 0.1) is 0 Å². The van der Waals surface area contributed by atoms with Crippen molar-refractivity contribution in [3.63, 3.8) is 0 Å². The second kappa shape index (κ2) is 42.3. The molecule has 0 spiro atoms. The fraction of sp³-hybridized carbons (Fsp3) is 0.238. The van der Waals surface area contributed by atoms with Gasteiger partial charge >= 0.3 is 0 Å². The molecule has 70 heavy (non-hydrogen) atoms. The van der Waals surface area contributed by atoms with Gasteiger partial charge in [0.25, 0.3) is 0 Å². The molecule has 0 radical (unpaired) electrons. The third-order valence-electron chi connectivity index (χ3n) is 7.16. The van der Waals surface area contributed by atoms with Crippen molar-refractivity contribution in [3.8, 4) is 0 Å². The minimum Gasteiger partial charge on any atom is -0.470 e. The number of nitrogens with one attached hydrogen (secondary N) is 11. The number of furan rings is 2. The Balaban J connectivity index is 0.000000389. The van der Waals surface area contributed by atoms with Crippen molar-refractivity contribution >= 4 is 102 Å². The highest BCUT2D eigenvalue weighted by atomic mass is 32.1. The number of nitrogens with zero attached hydrogens (tertiary/aromatic N) is 8. The minimum absolute atomic E-state index is 0.583. The Bertz CT molecular complexity index is 1820. The van der Waals surface area contributed by atoms with Gasteiger partial charge in [0.15, 0.2) is 12.3 Å². The van der Waals surface area contributed by atoms with Gasteiger partial charge in [0.2, 0.25) is 23.6 Å². The molecule has 0 bridgehead atoms. The Morgan fingerprint density at radius 2 is 1.37 bits per heavy atom. The molecule has 380 valence electrons. The number of hydrogen-bond acceptors (Lipinski definition) is 27. The second-order valence-corrected chi connectivity index (χ2v) is 14.8. The van der Waals surface area contributed by atoms with E-state index in [2.05, 4.69) is 112 Å². The Labute approximate surface area is 423 Å². The van der Waals surface area contributed by atoms with Gasteiger partial charge in [-0.1, -0.05) is 5.16 Å². The Morgan fingerprint density at radius 3 is 1.66 bits per heavy atom. The van der Waals surface area contributed by atoms with Crippen LogP contribution in [0.4, 0.5) is 56.7 Å². The number of hydrogen-bond donors (Lipinski definition) is 11. The molecule has 28 heteroatoms. The molecule has 11 N–H and O–H groups in total. The van der Waals surface area contributed by atoms with E-state index in [0.29, 0.717) is 23.6 Å². The fourth-order valence-electron chi connectivity index (χ4n) is 3.63. The molecule has 10 heterocycles. The first kappa shape index (κ1) is 59.9. The summed E-state index contributed by atoms with van der Waals surface area (Å²) < 4.78 is 31.3. The van der Waals surface area contributed by atoms with Crippen molar-refractivity contribution in [2.75, 3.05) is 124 Å². The summed E-state index contributed by atoms with van der Waals surface area (Å²) in [6.45, 7) is 0. The maximum absolute atomic E-state index is 4.87. The zero-order valence-corrected chi connectivity index (χ0v) is 43.7. The molecule has 0 unspecified atom stereocenters. The summed E-state index contributed by atoms with van der Waals surface area (Å²) >= 11 is 6.33. The van der Waals surface area contributed by atoms with Crippen LogP contribution in [0.15, 0.2) is 155 Å². The first-order valence-corrected chi connectivity index (χ1v) is 23.9. The van der Waals surface area contributed by atoms with Crippen LogP contribution in [0.5, 0.6) is 0 Å². The SMILES string of the molecule is CNc1ccco1.CNc1cccs1.CNc1ccno1.CNc1ccns1.CNc1ccoc1.CNc1ccsc1.CNc1ccsn1.CNc1cnco1.CNc1cnno1.CNc1ncn[nH]1. The monoisotopic (exact) mass is 1040 g/mol. The predicted molar refractivity (Wildman–Crippen MR) is 289 cm³/mol. The van der Waals surface area contributed by atoms with E-state index in [0.717, 1.165) is 22.4 Å². The Hall–Kier alpha value is -8.08. The van der Waals surface area contributed by atoms with Gasteiger partial charge in [-0.2, -0.15) is 25.2 Å². The highest BCUT2D eigenvalue weighted by molar-refractivity contribution is 7.14. The van der Waals surface area contributed by atoms with E-state index in [1.54, 1.807) is 94.3 Å². The lowest BCUT2D eigenvalue weighted by Crippen LogP contribution is -1.88. The summed E-state index contributed by atoms with van der Waals surface area (Å²) in [5, 5.41) is 55.4. The third kappa shape index (κ3) is 31.0. The van der Waals surface area contributed by atoms with Gasteiger partial charge in [-0.15, -0.1) is 16.4 Å². The fourth-order valence-corrected chi connectivity index (χ4v) is 5.82. The van der Waals surface area contributed by atoms with E-state index >= 15 is 0 Å². The highest BCUT2D eigenvalue weighted by Gasteiger charge is 1.89. The molecule has 10 aromatic rings. The van der Waals surface area contributed by atoms with Crippen LogP contribution in [-0.2, 0) is 0 Å². The van der Waals surface area contributed by atoms with Crippen LogP contribution in [-0.4, -0.2) is 115 Å². The van der Waals surface area contributed by atoms with Crippen molar-refractivity contribution < 1.29 is 22.3 Å². The first-order chi connectivity index (χ1) is 34.3. The van der Waals surface area contributed by atoms with Crippen molar-refractivity contribution in [1.82, 2.24) is 44.4 Å². The number of H-pyrrole nitrogens is 1. The van der Waals surface area contributed by atoms with Crippen LogP contribution in [0.2, 0.25) is 0 Å². The number of rotatable bonds is 10. The summed E-state index contributed by atoms with van der Waals surface area (Å²) in [5.41, 5.74) is 2.21. The van der Waals surface area contributed by atoms with Crippen molar-refractivity contribution in [3.05, 3.63) is 132 Å². The molecule has 0 aliphatic rings. The lowest BCUT2D eigenvalue weighted by molar-refractivity contribution is 0.405. The minimum atomic E-state index is 0.583. The molecule has 0 saturated heterocycles. The maximum atomic E-state index is 4.87. The second-order valence-electron chi connectivity index (χ2n) is 11.6. The molecular weight excluding hydrogens is 979 g/mol. The van der Waals surface area contributed by atoms with E-state index in [4.69, 9.17) is 13.3 Å². The predicted octanol–water partition coefficient (Wildman–Crippen LogP) is 9.98. The lowest BCUT2D eigenvalue weighted by Gasteiger charge is -1.86. The molecule has 0 amide bonds. The molecule has 10 aromatic heterocycles. The zero-order chi connectivity index (χ0) is 51.1. The van der Waals surface area contributed by atoms with Crippen molar-refractivity contribution in [2.45, 2.75) is 0 Å². The summed E-state index contributed by atoms with van der Waals surface area (Å²) in [6, 6.07) is 17.3. The molecule has 24 nitrogen and oxygen atoms in total. The Morgan fingerprint density at radius 1 is 0.586 bits per heavy atom. The molecule has 0 aromatic carbocycles. The first-order valence-electron chi connectivity index (χ1n) is 20.4. The number of oxazole rings is 1. The van der Waals surface area contributed by atoms with Crippen molar-refractivity contribution in [1.29, 1.82) is 0 Å². The van der Waals surface area contributed by atoms with E-state index in [1.165, 1.54) is 52.7 Å². The van der Waals surface area contributed by atoms with E-state index in [1.807, 2.05) is 107 Å². The zero-order valence-electron chi connectivity index (χ0n) is 40.5. The van der Waals surface area contributed by atoms with Gasteiger partial charge in [0, 0.05) is 111 Å². The quantitative estimate of drug-likeness (QED) is 0.0607. The molecule has 0 saturated carbocycles. The molecule has 10 rings (SSSR count). The number of aromatic amines is 1. The molecule has 0 aliphatic heterocycles. The van der Waals surface area contributed by atoms with Gasteiger partial charge in [-0.25, -0.2) is 15.1 Å². The summed E-state index contributed by atoms with van der Waals surface area (Å²) in [6.07, 6.45) is 14.2. The topological polar surface area (TPSA) is 305 Å². The van der Waals surface area contributed by atoms with Gasteiger partial charge < -0.3 is 75.5 Å². The number of thiophene rings is 2. The van der Waals surface area contributed by atoms with Gasteiger partial charge in [0.1, 0.15) is 29.6 Å². The summed E-state index contributed by atoms with van der Waals surface area (Å²) in [7, 11) is 18.3. The standard InChI is InChI=1S/2C5H7NO.2C5H7NS.2C4H6N2O.2C4H6N2S.C3H6N4.C3H5N3O/c1-6-5-2-3-7-4-5;1-6-5-3-2-4-7-5;1-6-5-2-3-7-4-5;1-6-5-3-2-4-7-5;1-5-4-2-6-3-7-4;1-5-4-2-3-6-7-4;1-5-4-2-3-7-6-4;1-5-4-2-3-6-7-4;1-4-3-5-2-6-7-3;1-4-3-2-5-6-7-3/h4*2-4,6H,1H3;2*2-3,5H,1H3;2-3H,1H3,(H,5,6);2-3,5H,1H3;2H,1H3,(H2,4,5,6,7);2,4H,1H3. The average Bonchev–Trinajstić information content (AvgIpc) is 4.27. The summed E-state index contributed by atoms with van der Waals surface area (Å²) in [4.78, 5) is 7.42. The van der Waals surface area contributed by atoms with Crippen molar-refractivity contribution in [2.24, 2.45) is 0 Å². The number of anilines is 10. The van der Waals surface area contributed by atoms with Crippen LogP contribution in [0.1, 0.15) is 0 Å². The van der Waals surface area contributed by atoms with Gasteiger partial charge in [0.05, 0.1) is 35.6 Å². The van der Waals surface area contributed by atoms with Crippen LogP contribution < -0.4 is 53.2 Å². The molecule has 0 atom stereocenters. The largest absolute Gasteiger partial charge is 0.470 e. The van der Waals surface area contributed by atoms with Crippen LogP contribution in [0.25, 0.3) is 0 Å². The van der Waals surface area contributed by atoms with Crippen LogP contribution >= 0.6 is 45.7 Å². The normalized spacial score (nSPS) is 8.71. The number of aromatic nitrogens is 9. The highest BCUT2D eigenvalue weighted by Crippen LogP contribution is 2.13. The van der Waals surface area contributed by atoms with Gasteiger partial charge in [-0.3, -0.25) is 0 Å².